The molecular weight excluding hydrogens is 210 g/mol. The lowest BCUT2D eigenvalue weighted by molar-refractivity contribution is -0.131. The Morgan fingerprint density at radius 3 is 2.67 bits per heavy atom. The standard InChI is InChI=1S/C11H19NO2S/c13-10-1-4-12(8-10)11(14)7-9-2-5-15-6-3-9/h9-10,13H,1-8H2/t10-/m1/s1. The Labute approximate surface area is 95.2 Å². The van der Waals surface area contributed by atoms with E-state index in [-0.39, 0.29) is 12.0 Å². The van der Waals surface area contributed by atoms with Gasteiger partial charge in [-0.15, -0.1) is 0 Å². The van der Waals surface area contributed by atoms with Crippen molar-refractivity contribution in [3.63, 3.8) is 0 Å². The monoisotopic (exact) mass is 229 g/mol. The molecule has 0 aromatic carbocycles. The summed E-state index contributed by atoms with van der Waals surface area (Å²) in [6.45, 7) is 1.31. The number of rotatable bonds is 2. The molecular formula is C11H19NO2S. The molecule has 4 heteroatoms. The van der Waals surface area contributed by atoms with E-state index in [1.807, 2.05) is 16.7 Å². The maximum atomic E-state index is 11.9. The third kappa shape index (κ3) is 3.11. The summed E-state index contributed by atoms with van der Waals surface area (Å²) in [6, 6.07) is 0. The molecule has 0 unspecified atom stereocenters. The van der Waals surface area contributed by atoms with Crippen LogP contribution in [0.2, 0.25) is 0 Å². The highest BCUT2D eigenvalue weighted by Gasteiger charge is 2.26. The number of hydrogen-bond acceptors (Lipinski definition) is 3. The van der Waals surface area contributed by atoms with Crippen LogP contribution in [0.25, 0.3) is 0 Å². The van der Waals surface area contributed by atoms with Crippen LogP contribution in [-0.2, 0) is 4.79 Å². The number of carbonyl (C=O) groups excluding carboxylic acids is 1. The van der Waals surface area contributed by atoms with Crippen LogP contribution in [0.3, 0.4) is 0 Å². The summed E-state index contributed by atoms with van der Waals surface area (Å²) in [4.78, 5) is 13.7. The molecule has 2 saturated heterocycles. The van der Waals surface area contributed by atoms with E-state index in [2.05, 4.69) is 0 Å². The second-order valence-electron chi connectivity index (χ2n) is 4.54. The number of carbonyl (C=O) groups is 1. The Morgan fingerprint density at radius 2 is 2.07 bits per heavy atom. The van der Waals surface area contributed by atoms with E-state index in [4.69, 9.17) is 0 Å². The van der Waals surface area contributed by atoms with E-state index in [9.17, 15) is 9.90 Å². The average molecular weight is 229 g/mol. The first-order valence-electron chi connectivity index (χ1n) is 5.79. The van der Waals surface area contributed by atoms with Crippen molar-refractivity contribution in [1.82, 2.24) is 4.90 Å². The molecule has 15 heavy (non-hydrogen) atoms. The lowest BCUT2D eigenvalue weighted by Gasteiger charge is -2.23. The normalized spacial score (nSPS) is 28.3. The van der Waals surface area contributed by atoms with Crippen LogP contribution in [0.4, 0.5) is 0 Å². The maximum absolute atomic E-state index is 11.9. The van der Waals surface area contributed by atoms with Crippen molar-refractivity contribution in [2.45, 2.75) is 31.8 Å². The number of likely N-dealkylation sites (tertiary alicyclic amines) is 1. The summed E-state index contributed by atoms with van der Waals surface area (Å²) >= 11 is 1.99. The fourth-order valence-electron chi connectivity index (χ4n) is 2.29. The molecule has 0 spiro atoms. The van der Waals surface area contributed by atoms with Crippen molar-refractivity contribution < 1.29 is 9.90 Å². The predicted octanol–water partition coefficient (Wildman–Crippen LogP) is 1.11. The number of aliphatic hydroxyl groups excluding tert-OH is 1. The van der Waals surface area contributed by atoms with E-state index in [0.29, 0.717) is 18.9 Å². The second kappa shape index (κ2) is 5.21. The van der Waals surface area contributed by atoms with Gasteiger partial charge in [-0.3, -0.25) is 4.79 Å². The van der Waals surface area contributed by atoms with Gasteiger partial charge in [0.2, 0.25) is 5.91 Å². The Balaban J connectivity index is 1.76. The summed E-state index contributed by atoms with van der Waals surface area (Å²) in [5, 5.41) is 9.36. The van der Waals surface area contributed by atoms with Crippen LogP contribution in [-0.4, -0.2) is 46.6 Å². The highest BCUT2D eigenvalue weighted by molar-refractivity contribution is 7.99. The lowest BCUT2D eigenvalue weighted by atomic mass is 9.98. The van der Waals surface area contributed by atoms with Gasteiger partial charge < -0.3 is 10.0 Å². The summed E-state index contributed by atoms with van der Waals surface area (Å²) in [6.07, 6.45) is 3.55. The quantitative estimate of drug-likeness (QED) is 0.771. The van der Waals surface area contributed by atoms with Crippen LogP contribution in [0, 0.1) is 5.92 Å². The van der Waals surface area contributed by atoms with Crippen LogP contribution < -0.4 is 0 Å². The molecule has 2 aliphatic rings. The van der Waals surface area contributed by atoms with E-state index in [1.165, 1.54) is 24.3 Å². The van der Waals surface area contributed by atoms with Gasteiger partial charge >= 0.3 is 0 Å². The third-order valence-electron chi connectivity index (χ3n) is 3.32. The highest BCUT2D eigenvalue weighted by atomic mass is 32.2. The fourth-order valence-corrected chi connectivity index (χ4v) is 3.50. The Bertz CT molecular complexity index is 229. The van der Waals surface area contributed by atoms with Crippen LogP contribution >= 0.6 is 11.8 Å². The zero-order valence-corrected chi connectivity index (χ0v) is 9.84. The zero-order valence-electron chi connectivity index (χ0n) is 9.02. The molecule has 2 aliphatic heterocycles. The molecule has 1 amide bonds. The molecule has 0 bridgehead atoms. The van der Waals surface area contributed by atoms with Crippen molar-refractivity contribution >= 4 is 17.7 Å². The number of β-amino-alcohol motifs (C(OH)–C–C–N with tert-alkyl or cyclic N) is 1. The molecule has 0 aliphatic carbocycles. The first-order chi connectivity index (χ1) is 7.25. The van der Waals surface area contributed by atoms with E-state index >= 15 is 0 Å². The summed E-state index contributed by atoms with van der Waals surface area (Å²) in [5.74, 6) is 3.26. The molecule has 1 N–H and O–H groups in total. The van der Waals surface area contributed by atoms with Gasteiger partial charge in [0, 0.05) is 19.5 Å². The fraction of sp³-hybridized carbons (Fsp3) is 0.909. The summed E-state index contributed by atoms with van der Waals surface area (Å²) in [5.41, 5.74) is 0. The molecule has 0 saturated carbocycles. The van der Waals surface area contributed by atoms with Gasteiger partial charge in [0.15, 0.2) is 0 Å². The first-order valence-corrected chi connectivity index (χ1v) is 6.95. The molecule has 2 fully saturated rings. The Kier molecular flexibility index (Phi) is 3.92. The number of aliphatic hydroxyl groups is 1. The van der Waals surface area contributed by atoms with Crippen LogP contribution in [0.1, 0.15) is 25.7 Å². The zero-order chi connectivity index (χ0) is 10.7. The molecule has 2 rings (SSSR count). The molecule has 0 radical (unpaired) electrons. The van der Waals surface area contributed by atoms with Crippen molar-refractivity contribution in [2.24, 2.45) is 5.92 Å². The van der Waals surface area contributed by atoms with Crippen LogP contribution in [0.15, 0.2) is 0 Å². The number of thioether (sulfide) groups is 1. The Morgan fingerprint density at radius 1 is 1.33 bits per heavy atom. The summed E-state index contributed by atoms with van der Waals surface area (Å²) < 4.78 is 0. The van der Waals surface area contributed by atoms with Gasteiger partial charge in [0.05, 0.1) is 6.10 Å². The molecule has 1 atom stereocenters. The largest absolute Gasteiger partial charge is 0.391 e. The van der Waals surface area contributed by atoms with E-state index in [1.54, 1.807) is 0 Å². The van der Waals surface area contributed by atoms with E-state index < -0.39 is 0 Å². The molecule has 3 nitrogen and oxygen atoms in total. The molecule has 2 heterocycles. The van der Waals surface area contributed by atoms with Gasteiger partial charge in [0.1, 0.15) is 0 Å². The third-order valence-corrected chi connectivity index (χ3v) is 4.37. The van der Waals surface area contributed by atoms with Gasteiger partial charge in [0.25, 0.3) is 0 Å². The number of amides is 1. The van der Waals surface area contributed by atoms with Gasteiger partial charge in [-0.1, -0.05) is 0 Å². The minimum atomic E-state index is -0.282. The topological polar surface area (TPSA) is 40.5 Å². The minimum Gasteiger partial charge on any atom is -0.391 e. The van der Waals surface area contributed by atoms with Crippen molar-refractivity contribution in [1.29, 1.82) is 0 Å². The number of nitrogens with zero attached hydrogens (tertiary/aromatic N) is 1. The van der Waals surface area contributed by atoms with Crippen LogP contribution in [0.5, 0.6) is 0 Å². The maximum Gasteiger partial charge on any atom is 0.222 e. The lowest BCUT2D eigenvalue weighted by Crippen LogP contribution is -2.31. The highest BCUT2D eigenvalue weighted by Crippen LogP contribution is 2.26. The van der Waals surface area contributed by atoms with Gasteiger partial charge in [-0.2, -0.15) is 11.8 Å². The number of hydrogen-bond donors (Lipinski definition) is 1. The average Bonchev–Trinajstić information content (AvgIpc) is 2.66. The van der Waals surface area contributed by atoms with Crippen molar-refractivity contribution in [2.75, 3.05) is 24.6 Å². The first kappa shape index (κ1) is 11.3. The molecule has 0 aromatic rings. The molecule has 0 aromatic heterocycles. The van der Waals surface area contributed by atoms with Gasteiger partial charge in [-0.25, -0.2) is 0 Å². The van der Waals surface area contributed by atoms with Crippen molar-refractivity contribution in [3.05, 3.63) is 0 Å². The van der Waals surface area contributed by atoms with Crippen molar-refractivity contribution in [3.8, 4) is 0 Å². The predicted molar refractivity (Wildman–Crippen MR) is 61.9 cm³/mol. The second-order valence-corrected chi connectivity index (χ2v) is 5.77. The SMILES string of the molecule is O=C(CC1CCSCC1)N1CC[C@@H](O)C1. The minimum absolute atomic E-state index is 0.253. The van der Waals surface area contributed by atoms with Gasteiger partial charge in [-0.05, 0) is 36.7 Å². The molecule has 86 valence electrons. The smallest absolute Gasteiger partial charge is 0.222 e. The summed E-state index contributed by atoms with van der Waals surface area (Å²) in [7, 11) is 0. The van der Waals surface area contributed by atoms with E-state index in [0.717, 1.165) is 13.0 Å². The Hall–Kier alpha value is -0.220.